The van der Waals surface area contributed by atoms with E-state index in [1.807, 2.05) is 13.0 Å². The number of para-hydroxylation sites is 1. The van der Waals surface area contributed by atoms with Gasteiger partial charge in [-0.2, -0.15) is 0 Å². The van der Waals surface area contributed by atoms with Gasteiger partial charge in [-0.3, -0.25) is 9.59 Å². The number of ketones is 1. The number of ether oxygens (including phenoxy) is 2. The van der Waals surface area contributed by atoms with E-state index in [9.17, 15) is 14.7 Å². The normalized spacial score (nSPS) is 10.7. The molecule has 2 N–H and O–H groups in total. The number of carbonyl (C=O) groups excluding carboxylic acids is 1. The highest BCUT2D eigenvalue weighted by Crippen LogP contribution is 2.31. The number of benzene rings is 2. The molecule has 0 aliphatic heterocycles. The second kappa shape index (κ2) is 6.32. The largest absolute Gasteiger partial charge is 0.506 e. The third-order valence-corrected chi connectivity index (χ3v) is 4.10. The fourth-order valence-corrected chi connectivity index (χ4v) is 2.78. The lowest BCUT2D eigenvalue weighted by molar-refractivity contribution is 0.103. The van der Waals surface area contributed by atoms with Crippen LogP contribution < -0.4 is 15.0 Å². The summed E-state index contributed by atoms with van der Waals surface area (Å²) >= 11 is 0. The van der Waals surface area contributed by atoms with Crippen molar-refractivity contribution in [3.05, 3.63) is 63.4 Å². The molecule has 0 saturated heterocycles. The van der Waals surface area contributed by atoms with Crippen LogP contribution in [0.25, 0.3) is 10.9 Å². The van der Waals surface area contributed by atoms with Crippen molar-refractivity contribution in [2.24, 2.45) is 0 Å². The van der Waals surface area contributed by atoms with Gasteiger partial charge in [0.2, 0.25) is 5.78 Å². The molecule has 0 aliphatic carbocycles. The van der Waals surface area contributed by atoms with Crippen LogP contribution in [0, 0.1) is 6.92 Å². The summed E-state index contributed by atoms with van der Waals surface area (Å²) in [5.41, 5.74) is 0.582. The van der Waals surface area contributed by atoms with Gasteiger partial charge in [0.15, 0.2) is 11.5 Å². The van der Waals surface area contributed by atoms with Crippen molar-refractivity contribution < 1.29 is 19.4 Å². The number of aromatic hydroxyl groups is 1. The zero-order valence-electron chi connectivity index (χ0n) is 14.0. The summed E-state index contributed by atoms with van der Waals surface area (Å²) in [4.78, 5) is 27.9. The topological polar surface area (TPSA) is 88.6 Å². The van der Waals surface area contributed by atoms with Crippen LogP contribution >= 0.6 is 0 Å². The predicted molar refractivity (Wildman–Crippen MR) is 93.9 cm³/mol. The lowest BCUT2D eigenvalue weighted by Crippen LogP contribution is -2.19. The Morgan fingerprint density at radius 1 is 1.08 bits per heavy atom. The van der Waals surface area contributed by atoms with Crippen LogP contribution in [0.1, 0.15) is 21.5 Å². The van der Waals surface area contributed by atoms with Gasteiger partial charge in [-0.1, -0.05) is 12.1 Å². The van der Waals surface area contributed by atoms with Crippen molar-refractivity contribution in [1.29, 1.82) is 0 Å². The lowest BCUT2D eigenvalue weighted by Gasteiger charge is -2.11. The Bertz CT molecular complexity index is 1040. The van der Waals surface area contributed by atoms with E-state index in [0.29, 0.717) is 22.4 Å². The summed E-state index contributed by atoms with van der Waals surface area (Å²) in [6.07, 6.45) is 0. The SMILES string of the molecule is COc1ccc(C(=O)c2c(O)c3cccc(C)c3[nH]c2=O)cc1OC. The molecule has 1 aromatic heterocycles. The highest BCUT2D eigenvalue weighted by atomic mass is 16.5. The molecule has 6 nitrogen and oxygen atoms in total. The number of hydrogen-bond donors (Lipinski definition) is 2. The quantitative estimate of drug-likeness (QED) is 0.714. The zero-order valence-corrected chi connectivity index (χ0v) is 14.0. The van der Waals surface area contributed by atoms with Crippen molar-refractivity contribution in [2.45, 2.75) is 6.92 Å². The van der Waals surface area contributed by atoms with Gasteiger partial charge in [-0.15, -0.1) is 0 Å². The highest BCUT2D eigenvalue weighted by Gasteiger charge is 2.22. The van der Waals surface area contributed by atoms with Gasteiger partial charge in [0.25, 0.3) is 5.56 Å². The molecule has 3 aromatic rings. The minimum atomic E-state index is -0.640. The van der Waals surface area contributed by atoms with E-state index in [0.717, 1.165) is 5.56 Å². The standard InChI is InChI=1S/C19H17NO5/c1-10-5-4-6-12-16(10)20-19(23)15(18(12)22)17(21)11-7-8-13(24-2)14(9-11)25-3/h4-9H,1-3H3,(H2,20,22,23). The number of aryl methyl sites for hydroxylation is 1. The number of rotatable bonds is 4. The third kappa shape index (κ3) is 2.71. The van der Waals surface area contributed by atoms with Crippen LogP contribution in [0.3, 0.4) is 0 Å². The smallest absolute Gasteiger partial charge is 0.263 e. The molecular formula is C19H17NO5. The number of aromatic amines is 1. The van der Waals surface area contributed by atoms with Crippen LogP contribution in [0.2, 0.25) is 0 Å². The van der Waals surface area contributed by atoms with Crippen LogP contribution in [-0.4, -0.2) is 30.1 Å². The number of nitrogens with one attached hydrogen (secondary N) is 1. The summed E-state index contributed by atoms with van der Waals surface area (Å²) in [7, 11) is 2.94. The summed E-state index contributed by atoms with van der Waals surface area (Å²) in [5, 5.41) is 10.9. The molecule has 0 amide bonds. The summed E-state index contributed by atoms with van der Waals surface area (Å²) < 4.78 is 10.3. The molecule has 3 rings (SSSR count). The first-order valence-electron chi connectivity index (χ1n) is 7.59. The molecule has 0 aliphatic rings. The van der Waals surface area contributed by atoms with Crippen molar-refractivity contribution >= 4 is 16.7 Å². The fourth-order valence-electron chi connectivity index (χ4n) is 2.78. The second-order valence-corrected chi connectivity index (χ2v) is 5.57. The maximum Gasteiger partial charge on any atom is 0.263 e. The van der Waals surface area contributed by atoms with Gasteiger partial charge >= 0.3 is 0 Å². The van der Waals surface area contributed by atoms with Gasteiger partial charge in [-0.05, 0) is 36.8 Å². The van der Waals surface area contributed by atoms with E-state index >= 15 is 0 Å². The summed E-state index contributed by atoms with van der Waals surface area (Å²) in [5.74, 6) is -0.0995. The summed E-state index contributed by atoms with van der Waals surface area (Å²) in [6.45, 7) is 1.81. The third-order valence-electron chi connectivity index (χ3n) is 4.10. The number of methoxy groups -OCH3 is 2. The first-order chi connectivity index (χ1) is 12.0. The minimum Gasteiger partial charge on any atom is -0.506 e. The fraction of sp³-hybridized carbons (Fsp3) is 0.158. The summed E-state index contributed by atoms with van der Waals surface area (Å²) in [6, 6.07) is 9.78. The Kier molecular flexibility index (Phi) is 4.19. The molecule has 0 atom stereocenters. The molecule has 2 aromatic carbocycles. The molecule has 0 unspecified atom stereocenters. The van der Waals surface area contributed by atoms with E-state index in [4.69, 9.17) is 9.47 Å². The first kappa shape index (κ1) is 16.6. The molecule has 0 spiro atoms. The van der Waals surface area contributed by atoms with E-state index in [1.165, 1.54) is 26.4 Å². The van der Waals surface area contributed by atoms with Gasteiger partial charge in [0, 0.05) is 10.9 Å². The molecule has 0 saturated carbocycles. The molecule has 6 heteroatoms. The molecule has 0 bridgehead atoms. The predicted octanol–water partition coefficient (Wildman–Crippen LogP) is 2.79. The van der Waals surface area contributed by atoms with Gasteiger partial charge in [0.1, 0.15) is 11.3 Å². The Morgan fingerprint density at radius 3 is 2.48 bits per heavy atom. The van der Waals surface area contributed by atoms with Gasteiger partial charge in [-0.25, -0.2) is 0 Å². The van der Waals surface area contributed by atoms with Crippen molar-refractivity contribution in [2.75, 3.05) is 14.2 Å². The molecule has 128 valence electrons. The molecule has 25 heavy (non-hydrogen) atoms. The van der Waals surface area contributed by atoms with E-state index in [1.54, 1.807) is 18.2 Å². The average Bonchev–Trinajstić information content (AvgIpc) is 2.62. The highest BCUT2D eigenvalue weighted by molar-refractivity contribution is 6.13. The lowest BCUT2D eigenvalue weighted by atomic mass is 10.00. The van der Waals surface area contributed by atoms with Gasteiger partial charge in [0.05, 0.1) is 19.7 Å². The number of fused-ring (bicyclic) bond motifs is 1. The average molecular weight is 339 g/mol. The van der Waals surface area contributed by atoms with E-state index < -0.39 is 11.3 Å². The number of pyridine rings is 1. The number of carbonyl (C=O) groups is 1. The van der Waals surface area contributed by atoms with Crippen LogP contribution in [0.15, 0.2) is 41.2 Å². The Morgan fingerprint density at radius 2 is 1.80 bits per heavy atom. The maximum atomic E-state index is 12.8. The Labute approximate surface area is 143 Å². The number of aromatic nitrogens is 1. The molecule has 0 fully saturated rings. The van der Waals surface area contributed by atoms with Crippen molar-refractivity contribution in [3.63, 3.8) is 0 Å². The second-order valence-electron chi connectivity index (χ2n) is 5.57. The minimum absolute atomic E-state index is 0.213. The Balaban J connectivity index is 2.20. The van der Waals surface area contributed by atoms with Crippen molar-refractivity contribution in [1.82, 2.24) is 4.98 Å². The molecular weight excluding hydrogens is 322 g/mol. The van der Waals surface area contributed by atoms with Gasteiger partial charge < -0.3 is 19.6 Å². The van der Waals surface area contributed by atoms with Crippen LogP contribution in [0.5, 0.6) is 17.2 Å². The molecule has 0 radical (unpaired) electrons. The van der Waals surface area contributed by atoms with E-state index in [-0.39, 0.29) is 16.9 Å². The zero-order chi connectivity index (χ0) is 18.1. The number of H-pyrrole nitrogens is 1. The van der Waals surface area contributed by atoms with Crippen LogP contribution in [0.4, 0.5) is 0 Å². The van der Waals surface area contributed by atoms with Crippen molar-refractivity contribution in [3.8, 4) is 17.2 Å². The van der Waals surface area contributed by atoms with Crippen LogP contribution in [-0.2, 0) is 0 Å². The van der Waals surface area contributed by atoms with E-state index in [2.05, 4.69) is 4.98 Å². The Hall–Kier alpha value is -3.28. The monoisotopic (exact) mass is 339 g/mol. The first-order valence-corrected chi connectivity index (χ1v) is 7.59. The number of hydrogen-bond acceptors (Lipinski definition) is 5. The maximum absolute atomic E-state index is 12.8. The molecule has 1 heterocycles.